The Morgan fingerprint density at radius 1 is 1.15 bits per heavy atom. The Kier molecular flexibility index (Phi) is 7.61. The Morgan fingerprint density at radius 2 is 1.92 bits per heavy atom. The standard InChI is InChI=1S/C20H21F2NO3/c1-25-18-14-16(9-11-17(18)26-20(21)22)10-12-19(24)23-13-5-8-15-6-3-2-4-7-15/h2-4,6-7,9-12,14,20H,5,8,13H2,1H3,(H,23,24)/b12-10+. The lowest BCUT2D eigenvalue weighted by Gasteiger charge is -2.10. The maximum atomic E-state index is 12.3. The quantitative estimate of drug-likeness (QED) is 0.541. The van der Waals surface area contributed by atoms with E-state index in [-0.39, 0.29) is 17.4 Å². The summed E-state index contributed by atoms with van der Waals surface area (Å²) in [6, 6.07) is 14.5. The van der Waals surface area contributed by atoms with Crippen LogP contribution in [0.2, 0.25) is 0 Å². The molecule has 0 aliphatic carbocycles. The van der Waals surface area contributed by atoms with Crippen LogP contribution in [-0.2, 0) is 11.2 Å². The van der Waals surface area contributed by atoms with Crippen LogP contribution in [0.5, 0.6) is 11.5 Å². The van der Waals surface area contributed by atoms with Crippen molar-refractivity contribution in [1.82, 2.24) is 5.32 Å². The zero-order valence-electron chi connectivity index (χ0n) is 14.5. The van der Waals surface area contributed by atoms with Crippen LogP contribution in [-0.4, -0.2) is 26.2 Å². The number of alkyl halides is 2. The number of carbonyl (C=O) groups excluding carboxylic acids is 1. The number of hydrogen-bond acceptors (Lipinski definition) is 3. The lowest BCUT2D eigenvalue weighted by Crippen LogP contribution is -2.22. The van der Waals surface area contributed by atoms with Crippen molar-refractivity contribution in [3.05, 3.63) is 65.7 Å². The fraction of sp³-hybridized carbons (Fsp3) is 0.250. The minimum absolute atomic E-state index is 0.0509. The minimum atomic E-state index is -2.92. The van der Waals surface area contributed by atoms with Crippen LogP contribution in [0.15, 0.2) is 54.6 Å². The third-order valence-electron chi connectivity index (χ3n) is 3.62. The third-order valence-corrected chi connectivity index (χ3v) is 3.62. The second kappa shape index (κ2) is 10.2. The van der Waals surface area contributed by atoms with Crippen molar-refractivity contribution in [2.24, 2.45) is 0 Å². The number of halogens is 2. The monoisotopic (exact) mass is 361 g/mol. The smallest absolute Gasteiger partial charge is 0.387 e. The molecule has 0 aromatic heterocycles. The van der Waals surface area contributed by atoms with Gasteiger partial charge in [0.2, 0.25) is 5.91 Å². The first-order chi connectivity index (χ1) is 12.6. The van der Waals surface area contributed by atoms with Crippen LogP contribution in [0.1, 0.15) is 17.5 Å². The molecule has 0 radical (unpaired) electrons. The molecular formula is C20H21F2NO3. The number of ether oxygens (including phenoxy) is 2. The summed E-state index contributed by atoms with van der Waals surface area (Å²) in [7, 11) is 1.36. The Balaban J connectivity index is 1.81. The molecule has 2 aromatic rings. The van der Waals surface area contributed by atoms with Gasteiger partial charge >= 0.3 is 6.61 Å². The highest BCUT2D eigenvalue weighted by atomic mass is 19.3. The van der Waals surface area contributed by atoms with Gasteiger partial charge in [-0.05, 0) is 42.2 Å². The summed E-state index contributed by atoms with van der Waals surface area (Å²) in [5, 5.41) is 2.81. The molecule has 4 nitrogen and oxygen atoms in total. The molecular weight excluding hydrogens is 340 g/mol. The predicted molar refractivity (Wildman–Crippen MR) is 96.4 cm³/mol. The summed E-state index contributed by atoms with van der Waals surface area (Å²) >= 11 is 0. The van der Waals surface area contributed by atoms with Gasteiger partial charge in [0.05, 0.1) is 7.11 Å². The molecule has 0 heterocycles. The fourth-order valence-electron chi connectivity index (χ4n) is 2.36. The van der Waals surface area contributed by atoms with Crippen LogP contribution < -0.4 is 14.8 Å². The molecule has 0 saturated heterocycles. The Labute approximate surface area is 151 Å². The van der Waals surface area contributed by atoms with Crippen LogP contribution in [0.25, 0.3) is 6.08 Å². The van der Waals surface area contributed by atoms with E-state index in [1.165, 1.54) is 30.9 Å². The molecule has 0 saturated carbocycles. The summed E-state index contributed by atoms with van der Waals surface area (Å²) in [4.78, 5) is 11.8. The van der Waals surface area contributed by atoms with Gasteiger partial charge in [-0.25, -0.2) is 0 Å². The summed E-state index contributed by atoms with van der Waals surface area (Å²) in [6.07, 6.45) is 4.72. The first-order valence-electron chi connectivity index (χ1n) is 8.21. The molecule has 2 aromatic carbocycles. The highest BCUT2D eigenvalue weighted by molar-refractivity contribution is 5.91. The summed E-state index contributed by atoms with van der Waals surface area (Å²) in [5.74, 6) is -0.0920. The third kappa shape index (κ3) is 6.55. The van der Waals surface area contributed by atoms with Gasteiger partial charge in [0.1, 0.15) is 0 Å². The zero-order valence-corrected chi connectivity index (χ0v) is 14.5. The van der Waals surface area contributed by atoms with Crippen LogP contribution in [0.3, 0.4) is 0 Å². The SMILES string of the molecule is COc1cc(/C=C/C(=O)NCCCc2ccccc2)ccc1OC(F)F. The Bertz CT molecular complexity index is 733. The van der Waals surface area contributed by atoms with Gasteiger partial charge in [0, 0.05) is 12.6 Å². The van der Waals surface area contributed by atoms with E-state index < -0.39 is 6.61 Å². The van der Waals surface area contributed by atoms with Crippen LogP contribution in [0, 0.1) is 0 Å². The zero-order chi connectivity index (χ0) is 18.8. The van der Waals surface area contributed by atoms with E-state index in [2.05, 4.69) is 22.2 Å². The van der Waals surface area contributed by atoms with Gasteiger partial charge in [-0.1, -0.05) is 36.4 Å². The van der Waals surface area contributed by atoms with Crippen molar-refractivity contribution in [2.75, 3.05) is 13.7 Å². The second-order valence-electron chi connectivity index (χ2n) is 5.50. The minimum Gasteiger partial charge on any atom is -0.493 e. The van der Waals surface area contributed by atoms with Gasteiger partial charge in [0.15, 0.2) is 11.5 Å². The first-order valence-corrected chi connectivity index (χ1v) is 8.21. The normalized spacial score (nSPS) is 10.9. The van der Waals surface area contributed by atoms with Crippen molar-refractivity contribution < 1.29 is 23.0 Å². The average Bonchev–Trinajstić information content (AvgIpc) is 2.65. The molecule has 1 amide bonds. The van der Waals surface area contributed by atoms with E-state index in [4.69, 9.17) is 4.74 Å². The largest absolute Gasteiger partial charge is 0.493 e. The average molecular weight is 361 g/mol. The van der Waals surface area contributed by atoms with Crippen LogP contribution in [0.4, 0.5) is 8.78 Å². The molecule has 138 valence electrons. The van der Waals surface area contributed by atoms with E-state index >= 15 is 0 Å². The number of benzene rings is 2. The van der Waals surface area contributed by atoms with Crippen molar-refractivity contribution in [1.29, 1.82) is 0 Å². The molecule has 0 fully saturated rings. The summed E-state index contributed by atoms with van der Waals surface area (Å²) in [5.41, 5.74) is 1.87. The van der Waals surface area contributed by atoms with Gasteiger partial charge in [0.25, 0.3) is 0 Å². The van der Waals surface area contributed by atoms with Gasteiger partial charge in [-0.2, -0.15) is 8.78 Å². The summed E-state index contributed by atoms with van der Waals surface area (Å²) in [6.45, 7) is -2.35. The lowest BCUT2D eigenvalue weighted by atomic mass is 10.1. The van der Waals surface area contributed by atoms with Gasteiger partial charge in [-0.3, -0.25) is 4.79 Å². The van der Waals surface area contributed by atoms with E-state index in [0.717, 1.165) is 12.8 Å². The molecule has 6 heteroatoms. The number of aryl methyl sites for hydroxylation is 1. The highest BCUT2D eigenvalue weighted by Crippen LogP contribution is 2.29. The van der Waals surface area contributed by atoms with E-state index in [1.54, 1.807) is 12.1 Å². The fourth-order valence-corrected chi connectivity index (χ4v) is 2.36. The van der Waals surface area contributed by atoms with Crippen molar-refractivity contribution in [3.8, 4) is 11.5 Å². The maximum absolute atomic E-state index is 12.3. The Morgan fingerprint density at radius 3 is 2.62 bits per heavy atom. The second-order valence-corrected chi connectivity index (χ2v) is 5.50. The van der Waals surface area contributed by atoms with Crippen molar-refractivity contribution >= 4 is 12.0 Å². The predicted octanol–water partition coefficient (Wildman–Crippen LogP) is 4.06. The van der Waals surface area contributed by atoms with Crippen molar-refractivity contribution in [3.63, 3.8) is 0 Å². The molecule has 0 unspecified atom stereocenters. The molecule has 2 rings (SSSR count). The van der Waals surface area contributed by atoms with Crippen LogP contribution >= 0.6 is 0 Å². The molecule has 0 aliphatic heterocycles. The number of hydrogen-bond donors (Lipinski definition) is 1. The topological polar surface area (TPSA) is 47.6 Å². The molecule has 0 bridgehead atoms. The summed E-state index contributed by atoms with van der Waals surface area (Å²) < 4.78 is 34.0. The van der Waals surface area contributed by atoms with Gasteiger partial charge < -0.3 is 14.8 Å². The van der Waals surface area contributed by atoms with E-state index in [9.17, 15) is 13.6 Å². The number of nitrogens with one attached hydrogen (secondary N) is 1. The molecule has 26 heavy (non-hydrogen) atoms. The number of amides is 1. The number of methoxy groups -OCH3 is 1. The Hall–Kier alpha value is -2.89. The number of rotatable bonds is 9. The van der Waals surface area contributed by atoms with Gasteiger partial charge in [-0.15, -0.1) is 0 Å². The first kappa shape index (κ1) is 19.4. The highest BCUT2D eigenvalue weighted by Gasteiger charge is 2.10. The molecule has 1 N–H and O–H groups in total. The number of carbonyl (C=O) groups is 1. The molecule has 0 atom stereocenters. The van der Waals surface area contributed by atoms with Crippen molar-refractivity contribution in [2.45, 2.75) is 19.5 Å². The van der Waals surface area contributed by atoms with E-state index in [1.807, 2.05) is 18.2 Å². The molecule has 0 spiro atoms. The lowest BCUT2D eigenvalue weighted by molar-refractivity contribution is -0.116. The molecule has 0 aliphatic rings. The maximum Gasteiger partial charge on any atom is 0.387 e. The van der Waals surface area contributed by atoms with E-state index in [0.29, 0.717) is 12.1 Å².